The average molecular weight is 127 g/mol. The van der Waals surface area contributed by atoms with Crippen LogP contribution in [0, 0.1) is 5.92 Å². The molecule has 1 aliphatic carbocycles. The zero-order chi connectivity index (χ0) is 6.91. The van der Waals surface area contributed by atoms with Crippen molar-refractivity contribution in [3.05, 3.63) is 0 Å². The highest BCUT2D eigenvalue weighted by Gasteiger charge is 2.28. The number of hydrogen-bond donors (Lipinski definition) is 1. The molecule has 1 heteroatoms. The Labute approximate surface area is 57.8 Å². The van der Waals surface area contributed by atoms with Crippen LogP contribution in [0.4, 0.5) is 0 Å². The Hall–Kier alpha value is -0.0400. The van der Waals surface area contributed by atoms with E-state index in [1.807, 2.05) is 7.05 Å². The van der Waals surface area contributed by atoms with Crippen LogP contribution in [0.15, 0.2) is 0 Å². The molecule has 0 saturated heterocycles. The van der Waals surface area contributed by atoms with Gasteiger partial charge < -0.3 is 5.32 Å². The Morgan fingerprint density at radius 1 is 1.44 bits per heavy atom. The third kappa shape index (κ3) is 2.35. The molecular weight excluding hydrogens is 110 g/mol. The molecule has 9 heavy (non-hydrogen) atoms. The van der Waals surface area contributed by atoms with Crippen LogP contribution in [0.1, 0.15) is 33.1 Å². The largest absolute Gasteiger partial charge is 0.315 e. The molecule has 54 valence electrons. The van der Waals surface area contributed by atoms with Gasteiger partial charge >= 0.3 is 0 Å². The van der Waals surface area contributed by atoms with E-state index in [9.17, 15) is 0 Å². The fourth-order valence-electron chi connectivity index (χ4n) is 1.15. The molecule has 1 saturated carbocycles. The van der Waals surface area contributed by atoms with Crippen LogP contribution in [0.3, 0.4) is 0 Å². The minimum Gasteiger partial charge on any atom is -0.315 e. The summed E-state index contributed by atoms with van der Waals surface area (Å²) < 4.78 is 0. The fourth-order valence-corrected chi connectivity index (χ4v) is 1.15. The van der Waals surface area contributed by atoms with Gasteiger partial charge in [-0.25, -0.2) is 0 Å². The standard InChI is InChI=1S/C8H17N/c1-8(2,9-3)6-7-4-5-7/h7,9H,4-6H2,1-3H3. The van der Waals surface area contributed by atoms with Gasteiger partial charge in [0.05, 0.1) is 0 Å². The topological polar surface area (TPSA) is 12.0 Å². The molecule has 1 fully saturated rings. The highest BCUT2D eigenvalue weighted by molar-refractivity contribution is 4.85. The van der Waals surface area contributed by atoms with Crippen LogP contribution in [-0.4, -0.2) is 12.6 Å². The summed E-state index contributed by atoms with van der Waals surface area (Å²) in [6.07, 6.45) is 4.28. The van der Waals surface area contributed by atoms with Crippen molar-refractivity contribution in [2.75, 3.05) is 7.05 Å². The van der Waals surface area contributed by atoms with Crippen LogP contribution >= 0.6 is 0 Å². The van der Waals surface area contributed by atoms with Crippen LogP contribution in [0.5, 0.6) is 0 Å². The van der Waals surface area contributed by atoms with Crippen molar-refractivity contribution in [2.45, 2.75) is 38.6 Å². The SMILES string of the molecule is CNC(C)(C)CC1CC1. The van der Waals surface area contributed by atoms with E-state index in [-0.39, 0.29) is 0 Å². The van der Waals surface area contributed by atoms with Gasteiger partial charge in [-0.15, -0.1) is 0 Å². The first-order valence-electron chi connectivity index (χ1n) is 3.83. The molecule has 0 bridgehead atoms. The summed E-state index contributed by atoms with van der Waals surface area (Å²) in [5.41, 5.74) is 0.376. The van der Waals surface area contributed by atoms with Crippen molar-refractivity contribution < 1.29 is 0 Å². The van der Waals surface area contributed by atoms with Crippen LogP contribution < -0.4 is 5.32 Å². The third-order valence-corrected chi connectivity index (χ3v) is 2.17. The maximum absolute atomic E-state index is 3.31. The van der Waals surface area contributed by atoms with Gasteiger partial charge in [0.1, 0.15) is 0 Å². The fraction of sp³-hybridized carbons (Fsp3) is 1.00. The maximum Gasteiger partial charge on any atom is 0.0124 e. The van der Waals surface area contributed by atoms with Crippen molar-refractivity contribution in [3.8, 4) is 0 Å². The molecule has 0 heterocycles. The Morgan fingerprint density at radius 2 is 2.00 bits per heavy atom. The second-order valence-electron chi connectivity index (χ2n) is 3.78. The van der Waals surface area contributed by atoms with Gasteiger partial charge in [0.25, 0.3) is 0 Å². The third-order valence-electron chi connectivity index (χ3n) is 2.17. The van der Waals surface area contributed by atoms with Crippen LogP contribution in [0.2, 0.25) is 0 Å². The van der Waals surface area contributed by atoms with Crippen molar-refractivity contribution in [1.82, 2.24) is 5.32 Å². The molecule has 0 aromatic heterocycles. The normalized spacial score (nSPS) is 20.3. The van der Waals surface area contributed by atoms with Gasteiger partial charge in [-0.2, -0.15) is 0 Å². The van der Waals surface area contributed by atoms with Gasteiger partial charge in [0.2, 0.25) is 0 Å². The molecule has 0 unspecified atom stereocenters. The molecule has 1 aliphatic rings. The molecule has 0 aromatic rings. The van der Waals surface area contributed by atoms with Crippen molar-refractivity contribution in [3.63, 3.8) is 0 Å². The molecule has 0 radical (unpaired) electrons. The summed E-state index contributed by atoms with van der Waals surface area (Å²) in [5.74, 6) is 1.03. The number of rotatable bonds is 3. The Balaban J connectivity index is 2.21. The summed E-state index contributed by atoms with van der Waals surface area (Å²) in [6.45, 7) is 4.54. The second kappa shape index (κ2) is 2.30. The predicted molar refractivity (Wildman–Crippen MR) is 40.5 cm³/mol. The van der Waals surface area contributed by atoms with E-state index in [0.717, 1.165) is 5.92 Å². The summed E-state index contributed by atoms with van der Waals surface area (Å²) in [5, 5.41) is 3.31. The minimum absolute atomic E-state index is 0.376. The van der Waals surface area contributed by atoms with E-state index in [1.165, 1.54) is 19.3 Å². The molecule has 1 nitrogen and oxygen atoms in total. The van der Waals surface area contributed by atoms with E-state index in [1.54, 1.807) is 0 Å². The molecule has 0 aliphatic heterocycles. The first-order chi connectivity index (χ1) is 4.14. The Morgan fingerprint density at radius 3 is 2.33 bits per heavy atom. The van der Waals surface area contributed by atoms with E-state index in [0.29, 0.717) is 5.54 Å². The summed E-state index contributed by atoms with van der Waals surface area (Å²) >= 11 is 0. The minimum atomic E-state index is 0.376. The Bertz CT molecular complexity index is 92.7. The lowest BCUT2D eigenvalue weighted by Gasteiger charge is -2.23. The lowest BCUT2D eigenvalue weighted by Crippen LogP contribution is -2.36. The van der Waals surface area contributed by atoms with E-state index in [4.69, 9.17) is 0 Å². The lowest BCUT2D eigenvalue weighted by atomic mass is 9.98. The smallest absolute Gasteiger partial charge is 0.0124 e. The number of hydrogen-bond acceptors (Lipinski definition) is 1. The number of nitrogens with one attached hydrogen (secondary N) is 1. The van der Waals surface area contributed by atoms with Crippen molar-refractivity contribution >= 4 is 0 Å². The summed E-state index contributed by atoms with van der Waals surface area (Å²) in [4.78, 5) is 0. The van der Waals surface area contributed by atoms with Crippen LogP contribution in [0.25, 0.3) is 0 Å². The second-order valence-corrected chi connectivity index (χ2v) is 3.78. The molecule has 0 spiro atoms. The highest BCUT2D eigenvalue weighted by Crippen LogP contribution is 2.36. The molecule has 1 rings (SSSR count). The van der Waals surface area contributed by atoms with Crippen molar-refractivity contribution in [2.24, 2.45) is 5.92 Å². The van der Waals surface area contributed by atoms with Crippen LogP contribution in [-0.2, 0) is 0 Å². The summed E-state index contributed by atoms with van der Waals surface area (Å²) in [6, 6.07) is 0. The monoisotopic (exact) mass is 127 g/mol. The van der Waals surface area contributed by atoms with E-state index < -0.39 is 0 Å². The van der Waals surface area contributed by atoms with Gasteiger partial charge in [-0.3, -0.25) is 0 Å². The molecule has 0 atom stereocenters. The predicted octanol–water partition coefficient (Wildman–Crippen LogP) is 1.78. The first kappa shape index (κ1) is 7.07. The van der Waals surface area contributed by atoms with E-state index in [2.05, 4.69) is 19.2 Å². The summed E-state index contributed by atoms with van der Waals surface area (Å²) in [7, 11) is 2.04. The maximum atomic E-state index is 3.31. The average Bonchev–Trinajstić information content (AvgIpc) is 2.50. The highest BCUT2D eigenvalue weighted by atomic mass is 14.9. The zero-order valence-electron chi connectivity index (χ0n) is 6.70. The molecule has 0 amide bonds. The van der Waals surface area contributed by atoms with Gasteiger partial charge in [0, 0.05) is 5.54 Å². The van der Waals surface area contributed by atoms with Gasteiger partial charge in [0.15, 0.2) is 0 Å². The lowest BCUT2D eigenvalue weighted by molar-refractivity contribution is 0.372. The van der Waals surface area contributed by atoms with Crippen molar-refractivity contribution in [1.29, 1.82) is 0 Å². The molecule has 0 aromatic carbocycles. The first-order valence-corrected chi connectivity index (χ1v) is 3.83. The quantitative estimate of drug-likeness (QED) is 0.609. The van der Waals surface area contributed by atoms with Gasteiger partial charge in [-0.1, -0.05) is 12.8 Å². The van der Waals surface area contributed by atoms with E-state index >= 15 is 0 Å². The Kier molecular flexibility index (Phi) is 1.80. The zero-order valence-corrected chi connectivity index (χ0v) is 6.70. The molecular formula is C8H17N. The van der Waals surface area contributed by atoms with Gasteiger partial charge in [-0.05, 0) is 33.2 Å². The molecule has 1 N–H and O–H groups in total.